The number of Topliss-reactive ketones (excluding diaryl/α,β-unsaturated/α-hetero) is 1. The van der Waals surface area contributed by atoms with Crippen molar-refractivity contribution in [3.8, 4) is 5.75 Å². The Morgan fingerprint density at radius 2 is 1.93 bits per heavy atom. The quantitative estimate of drug-likeness (QED) is 0.670. The fourth-order valence-corrected chi connectivity index (χ4v) is 4.78. The van der Waals surface area contributed by atoms with E-state index in [1.54, 1.807) is 0 Å². The summed E-state index contributed by atoms with van der Waals surface area (Å²) in [7, 11) is 0. The molecule has 0 N–H and O–H groups in total. The van der Waals surface area contributed by atoms with Gasteiger partial charge in [0.2, 0.25) is 0 Å². The van der Waals surface area contributed by atoms with Crippen LogP contribution in [0.1, 0.15) is 48.0 Å². The van der Waals surface area contributed by atoms with Gasteiger partial charge in [0, 0.05) is 30.5 Å². The number of nitrogens with zero attached hydrogens (tertiary/aromatic N) is 1. The molecule has 1 saturated heterocycles. The fourth-order valence-electron chi connectivity index (χ4n) is 4.38. The van der Waals surface area contributed by atoms with Gasteiger partial charge in [0.1, 0.15) is 18.1 Å². The van der Waals surface area contributed by atoms with Crippen LogP contribution >= 0.6 is 15.9 Å². The highest BCUT2D eigenvalue weighted by molar-refractivity contribution is 9.10. The average molecular weight is 442 g/mol. The number of piperidine rings is 1. The third kappa shape index (κ3) is 4.00. The number of para-hydroxylation sites is 1. The van der Waals surface area contributed by atoms with Crippen molar-refractivity contribution in [1.82, 2.24) is 4.90 Å². The summed E-state index contributed by atoms with van der Waals surface area (Å²) in [5, 5.41) is 0. The van der Waals surface area contributed by atoms with Crippen LogP contribution in [0, 0.1) is 5.92 Å². The number of fused-ring (bicyclic) bond motifs is 1. The van der Waals surface area contributed by atoms with Gasteiger partial charge in [0.15, 0.2) is 0 Å². The highest BCUT2D eigenvalue weighted by Crippen LogP contribution is 2.34. The van der Waals surface area contributed by atoms with Gasteiger partial charge in [0.25, 0.3) is 5.91 Å². The lowest BCUT2D eigenvalue weighted by atomic mass is 9.77. The zero-order valence-electron chi connectivity index (χ0n) is 15.8. The molecule has 0 bridgehead atoms. The minimum atomic E-state index is 0.0344. The van der Waals surface area contributed by atoms with Crippen LogP contribution in [0.15, 0.2) is 53.0 Å². The number of ether oxygens (including phenoxy) is 1. The van der Waals surface area contributed by atoms with Crippen LogP contribution in [-0.2, 0) is 11.4 Å². The molecule has 0 unspecified atom stereocenters. The van der Waals surface area contributed by atoms with Crippen molar-refractivity contribution in [2.45, 2.75) is 44.8 Å². The first-order valence-corrected chi connectivity index (χ1v) is 10.7. The van der Waals surface area contributed by atoms with Crippen LogP contribution in [0.3, 0.4) is 0 Å². The molecular formula is C23H24BrNO3. The molecule has 1 heterocycles. The van der Waals surface area contributed by atoms with Crippen molar-refractivity contribution in [2.24, 2.45) is 5.92 Å². The molecule has 1 amide bonds. The lowest BCUT2D eigenvalue weighted by molar-refractivity contribution is -0.129. The van der Waals surface area contributed by atoms with Crippen molar-refractivity contribution >= 4 is 27.6 Å². The Labute approximate surface area is 174 Å². The third-order valence-corrected chi connectivity index (χ3v) is 6.46. The molecule has 5 heteroatoms. The van der Waals surface area contributed by atoms with E-state index < -0.39 is 0 Å². The molecule has 2 aromatic carbocycles. The maximum Gasteiger partial charge on any atom is 0.254 e. The van der Waals surface area contributed by atoms with Gasteiger partial charge in [-0.3, -0.25) is 9.59 Å². The van der Waals surface area contributed by atoms with E-state index in [0.29, 0.717) is 30.9 Å². The van der Waals surface area contributed by atoms with Gasteiger partial charge >= 0.3 is 0 Å². The Balaban J connectivity index is 1.48. The molecule has 2 fully saturated rings. The second-order valence-corrected chi connectivity index (χ2v) is 8.45. The lowest BCUT2D eigenvalue weighted by Crippen LogP contribution is -2.53. The topological polar surface area (TPSA) is 46.6 Å². The highest BCUT2D eigenvalue weighted by atomic mass is 79.9. The van der Waals surface area contributed by atoms with Crippen molar-refractivity contribution < 1.29 is 14.3 Å². The van der Waals surface area contributed by atoms with Gasteiger partial charge in [-0.2, -0.15) is 0 Å². The molecule has 2 aliphatic rings. The number of hydrogen-bond acceptors (Lipinski definition) is 3. The third-order valence-electron chi connectivity index (χ3n) is 5.81. The molecule has 146 valence electrons. The minimum absolute atomic E-state index is 0.0344. The predicted octanol–water partition coefficient (Wildman–Crippen LogP) is 5.00. The van der Waals surface area contributed by atoms with Crippen LogP contribution in [0.25, 0.3) is 0 Å². The normalized spacial score (nSPS) is 21.9. The van der Waals surface area contributed by atoms with E-state index in [4.69, 9.17) is 4.74 Å². The van der Waals surface area contributed by atoms with E-state index in [0.717, 1.165) is 41.5 Å². The van der Waals surface area contributed by atoms with E-state index in [1.807, 2.05) is 53.4 Å². The number of likely N-dealkylation sites (tertiary alicyclic amines) is 1. The number of amides is 1. The monoisotopic (exact) mass is 441 g/mol. The second kappa shape index (κ2) is 8.48. The highest BCUT2D eigenvalue weighted by Gasteiger charge is 2.40. The SMILES string of the molecule is O=C1CCN(C(=O)c2cccc(COc3ccccc3Br)c2)[C@H]2CCCC[C@@H]12. The second-order valence-electron chi connectivity index (χ2n) is 7.59. The first-order valence-electron chi connectivity index (χ1n) is 9.93. The van der Waals surface area contributed by atoms with Gasteiger partial charge in [-0.1, -0.05) is 37.1 Å². The van der Waals surface area contributed by atoms with Gasteiger partial charge in [-0.15, -0.1) is 0 Å². The maximum absolute atomic E-state index is 13.2. The average Bonchev–Trinajstić information content (AvgIpc) is 2.73. The van der Waals surface area contributed by atoms with Crippen LogP contribution in [0.2, 0.25) is 0 Å². The molecule has 1 aliphatic carbocycles. The number of ketones is 1. The summed E-state index contributed by atoms with van der Waals surface area (Å²) >= 11 is 3.48. The minimum Gasteiger partial charge on any atom is -0.488 e. The summed E-state index contributed by atoms with van der Waals surface area (Å²) in [6, 6.07) is 15.4. The zero-order chi connectivity index (χ0) is 19.5. The Bertz CT molecular complexity index is 882. The molecular weight excluding hydrogens is 418 g/mol. The largest absolute Gasteiger partial charge is 0.488 e. The molecule has 0 spiro atoms. The first-order chi connectivity index (χ1) is 13.6. The summed E-state index contributed by atoms with van der Waals surface area (Å²) in [6.45, 7) is 0.935. The van der Waals surface area contributed by atoms with Crippen molar-refractivity contribution in [1.29, 1.82) is 0 Å². The summed E-state index contributed by atoms with van der Waals surface area (Å²) in [4.78, 5) is 27.4. The summed E-state index contributed by atoms with van der Waals surface area (Å²) in [6.07, 6.45) is 4.53. The molecule has 1 saturated carbocycles. The van der Waals surface area contributed by atoms with Gasteiger partial charge in [0.05, 0.1) is 4.47 Å². The summed E-state index contributed by atoms with van der Waals surface area (Å²) in [5.41, 5.74) is 1.63. The van der Waals surface area contributed by atoms with Crippen molar-refractivity contribution in [3.63, 3.8) is 0 Å². The van der Waals surface area contributed by atoms with Crippen LogP contribution in [-0.4, -0.2) is 29.2 Å². The summed E-state index contributed by atoms with van der Waals surface area (Å²) in [5.74, 6) is 1.18. The number of carbonyl (C=O) groups excluding carboxylic acids is 2. The number of halogens is 1. The Hall–Kier alpha value is -2.14. The summed E-state index contributed by atoms with van der Waals surface area (Å²) < 4.78 is 6.79. The van der Waals surface area contributed by atoms with E-state index in [2.05, 4.69) is 15.9 Å². The van der Waals surface area contributed by atoms with E-state index >= 15 is 0 Å². The molecule has 28 heavy (non-hydrogen) atoms. The Morgan fingerprint density at radius 3 is 2.79 bits per heavy atom. The fraction of sp³-hybridized carbons (Fsp3) is 0.391. The molecule has 0 radical (unpaired) electrons. The zero-order valence-corrected chi connectivity index (χ0v) is 17.4. The molecule has 2 atom stereocenters. The number of hydrogen-bond donors (Lipinski definition) is 0. The molecule has 4 rings (SSSR count). The predicted molar refractivity (Wildman–Crippen MR) is 111 cm³/mol. The number of benzene rings is 2. The maximum atomic E-state index is 13.2. The van der Waals surface area contributed by atoms with Crippen LogP contribution in [0.5, 0.6) is 5.75 Å². The smallest absolute Gasteiger partial charge is 0.254 e. The Morgan fingerprint density at radius 1 is 1.11 bits per heavy atom. The van der Waals surface area contributed by atoms with Crippen LogP contribution in [0.4, 0.5) is 0 Å². The van der Waals surface area contributed by atoms with E-state index in [-0.39, 0.29) is 17.9 Å². The Kier molecular flexibility index (Phi) is 5.81. The number of carbonyl (C=O) groups is 2. The molecule has 0 aromatic heterocycles. The van der Waals surface area contributed by atoms with Crippen LogP contribution < -0.4 is 4.74 Å². The van der Waals surface area contributed by atoms with Gasteiger partial charge < -0.3 is 9.64 Å². The molecule has 4 nitrogen and oxygen atoms in total. The van der Waals surface area contributed by atoms with Gasteiger partial charge in [-0.05, 0) is 58.6 Å². The standard InChI is InChI=1S/C23H24BrNO3/c24-19-9-2-4-11-22(19)28-15-16-6-5-7-17(14-16)23(27)25-13-12-21(26)18-8-1-3-10-20(18)25/h2,4-7,9,11,14,18,20H,1,3,8,10,12-13,15H2/t18-,20+/m1/s1. The van der Waals surface area contributed by atoms with Crippen molar-refractivity contribution in [3.05, 3.63) is 64.1 Å². The van der Waals surface area contributed by atoms with E-state index in [1.165, 1.54) is 0 Å². The first kappa shape index (κ1) is 19.2. The molecule has 2 aromatic rings. The number of rotatable bonds is 4. The van der Waals surface area contributed by atoms with Gasteiger partial charge in [-0.25, -0.2) is 0 Å². The van der Waals surface area contributed by atoms with Crippen molar-refractivity contribution in [2.75, 3.05) is 6.54 Å². The lowest BCUT2D eigenvalue weighted by Gasteiger charge is -2.43. The molecule has 1 aliphatic heterocycles. The van der Waals surface area contributed by atoms with E-state index in [9.17, 15) is 9.59 Å².